The van der Waals surface area contributed by atoms with Crippen molar-refractivity contribution in [3.63, 3.8) is 0 Å². The predicted octanol–water partition coefficient (Wildman–Crippen LogP) is 0.610. The summed E-state index contributed by atoms with van der Waals surface area (Å²) in [6.45, 7) is 0. The second kappa shape index (κ2) is 3.42. The van der Waals surface area contributed by atoms with E-state index >= 15 is 0 Å². The second-order valence-corrected chi connectivity index (χ2v) is 5.32. The summed E-state index contributed by atoms with van der Waals surface area (Å²) in [7, 11) is -3.42. The van der Waals surface area contributed by atoms with Gasteiger partial charge in [-0.3, -0.25) is 14.8 Å². The van der Waals surface area contributed by atoms with E-state index in [1.807, 2.05) is 0 Å². The van der Waals surface area contributed by atoms with E-state index in [9.17, 15) is 18.5 Å². The summed E-state index contributed by atoms with van der Waals surface area (Å²) < 4.78 is 23.7. The minimum atomic E-state index is -3.42. The van der Waals surface area contributed by atoms with Gasteiger partial charge in [-0.2, -0.15) is 0 Å². The van der Waals surface area contributed by atoms with Crippen LogP contribution in [0.4, 0.5) is 15.7 Å². The molecule has 0 aliphatic heterocycles. The van der Waals surface area contributed by atoms with Gasteiger partial charge in [0.05, 0.1) is 17.2 Å². The first-order valence-electron chi connectivity index (χ1n) is 3.31. The van der Waals surface area contributed by atoms with Crippen molar-refractivity contribution in [3.8, 4) is 0 Å². The van der Waals surface area contributed by atoms with Gasteiger partial charge in [0.25, 0.3) is 0 Å². The zero-order chi connectivity index (χ0) is 10.9. The Morgan fingerprint density at radius 2 is 2.21 bits per heavy atom. The molecule has 0 bridgehead atoms. The molecule has 0 aromatic carbocycles. The summed E-state index contributed by atoms with van der Waals surface area (Å²) in [5.41, 5.74) is 5.01. The standard InChI is InChI=1S/C5H7N3O4S2/c1-14(11,12)7-4-2-3(8(9)10)5(6)13-4/h2,7H,6H2,1H3. The van der Waals surface area contributed by atoms with E-state index < -0.39 is 14.9 Å². The third kappa shape index (κ3) is 2.57. The molecule has 0 unspecified atom stereocenters. The number of thiophene rings is 1. The van der Waals surface area contributed by atoms with Crippen molar-refractivity contribution in [3.05, 3.63) is 16.2 Å². The largest absolute Gasteiger partial charge is 0.385 e. The van der Waals surface area contributed by atoms with Crippen LogP contribution in [0.3, 0.4) is 0 Å². The molecule has 0 saturated carbocycles. The molecule has 3 N–H and O–H groups in total. The van der Waals surface area contributed by atoms with E-state index in [2.05, 4.69) is 4.72 Å². The van der Waals surface area contributed by atoms with Crippen molar-refractivity contribution < 1.29 is 13.3 Å². The Balaban J connectivity index is 3.04. The van der Waals surface area contributed by atoms with E-state index in [1.165, 1.54) is 0 Å². The molecular formula is C5H7N3O4S2. The van der Waals surface area contributed by atoms with Gasteiger partial charge in [-0.05, 0) is 0 Å². The monoisotopic (exact) mass is 237 g/mol. The maximum Gasteiger partial charge on any atom is 0.305 e. The number of anilines is 2. The third-order valence-electron chi connectivity index (χ3n) is 1.22. The number of sulfonamides is 1. The zero-order valence-corrected chi connectivity index (χ0v) is 8.68. The lowest BCUT2D eigenvalue weighted by Crippen LogP contribution is -2.07. The van der Waals surface area contributed by atoms with E-state index in [0.29, 0.717) is 0 Å². The van der Waals surface area contributed by atoms with Crippen molar-refractivity contribution in [1.29, 1.82) is 0 Å². The van der Waals surface area contributed by atoms with Gasteiger partial charge in [0.2, 0.25) is 10.0 Å². The Kier molecular flexibility index (Phi) is 2.62. The highest BCUT2D eigenvalue weighted by Gasteiger charge is 2.17. The Morgan fingerprint density at radius 3 is 2.57 bits per heavy atom. The maximum atomic E-state index is 10.8. The van der Waals surface area contributed by atoms with Gasteiger partial charge in [0.15, 0.2) is 5.00 Å². The van der Waals surface area contributed by atoms with Crippen LogP contribution >= 0.6 is 11.3 Å². The second-order valence-electron chi connectivity index (χ2n) is 2.49. The number of hydrogen-bond acceptors (Lipinski definition) is 6. The molecule has 0 fully saturated rings. The summed E-state index contributed by atoms with van der Waals surface area (Å²) in [4.78, 5) is 9.69. The lowest BCUT2D eigenvalue weighted by Gasteiger charge is -1.96. The fraction of sp³-hybridized carbons (Fsp3) is 0.200. The van der Waals surface area contributed by atoms with Gasteiger partial charge in [0, 0.05) is 0 Å². The average Bonchev–Trinajstić information content (AvgIpc) is 2.26. The summed E-state index contributed by atoms with van der Waals surface area (Å²) in [5, 5.41) is 10.5. The molecular weight excluding hydrogens is 230 g/mol. The topological polar surface area (TPSA) is 115 Å². The van der Waals surface area contributed by atoms with Crippen molar-refractivity contribution in [2.75, 3.05) is 16.7 Å². The smallest absolute Gasteiger partial charge is 0.305 e. The van der Waals surface area contributed by atoms with Crippen LogP contribution in [-0.2, 0) is 10.0 Å². The van der Waals surface area contributed by atoms with Crippen molar-refractivity contribution in [2.45, 2.75) is 0 Å². The molecule has 1 rings (SSSR count). The molecule has 1 aromatic rings. The molecule has 0 radical (unpaired) electrons. The van der Waals surface area contributed by atoms with Crippen molar-refractivity contribution >= 4 is 37.0 Å². The molecule has 9 heteroatoms. The Bertz CT molecular complexity index is 463. The minimum Gasteiger partial charge on any atom is -0.385 e. The normalized spacial score (nSPS) is 11.2. The third-order valence-corrected chi connectivity index (χ3v) is 2.81. The molecule has 0 atom stereocenters. The van der Waals surface area contributed by atoms with Gasteiger partial charge >= 0.3 is 5.69 Å². The highest BCUT2D eigenvalue weighted by molar-refractivity contribution is 7.92. The first-order valence-corrected chi connectivity index (χ1v) is 6.02. The number of nitrogens with zero attached hydrogens (tertiary/aromatic N) is 1. The quantitative estimate of drug-likeness (QED) is 0.590. The molecule has 0 aliphatic carbocycles. The first kappa shape index (κ1) is 10.7. The van der Waals surface area contributed by atoms with Crippen LogP contribution in [0.2, 0.25) is 0 Å². The number of rotatable bonds is 3. The minimum absolute atomic E-state index is 0.0267. The van der Waals surface area contributed by atoms with E-state index in [4.69, 9.17) is 5.73 Å². The van der Waals surface area contributed by atoms with E-state index in [1.54, 1.807) is 0 Å². The van der Waals surface area contributed by atoms with E-state index in [0.717, 1.165) is 23.7 Å². The molecule has 1 aromatic heterocycles. The molecule has 14 heavy (non-hydrogen) atoms. The predicted molar refractivity (Wildman–Crippen MR) is 53.9 cm³/mol. The van der Waals surface area contributed by atoms with Crippen LogP contribution in [0.5, 0.6) is 0 Å². The number of nitro groups is 1. The number of nitrogens with two attached hydrogens (primary N) is 1. The number of hydrogen-bond donors (Lipinski definition) is 2. The lowest BCUT2D eigenvalue weighted by atomic mass is 10.5. The summed E-state index contributed by atoms with van der Waals surface area (Å²) in [6.07, 6.45) is 0.953. The Labute approximate surface area is 83.7 Å². The average molecular weight is 237 g/mol. The molecule has 0 aliphatic rings. The highest BCUT2D eigenvalue weighted by Crippen LogP contribution is 2.35. The van der Waals surface area contributed by atoms with Crippen LogP contribution in [-0.4, -0.2) is 19.6 Å². The molecule has 1 heterocycles. The van der Waals surface area contributed by atoms with Crippen molar-refractivity contribution in [1.82, 2.24) is 0 Å². The van der Waals surface area contributed by atoms with Crippen LogP contribution in [0.1, 0.15) is 0 Å². The number of nitrogen functional groups attached to an aromatic ring is 1. The highest BCUT2D eigenvalue weighted by atomic mass is 32.2. The van der Waals surface area contributed by atoms with Crippen LogP contribution in [0.25, 0.3) is 0 Å². The van der Waals surface area contributed by atoms with Crippen LogP contribution < -0.4 is 10.5 Å². The fourth-order valence-electron chi connectivity index (χ4n) is 0.771. The SMILES string of the molecule is CS(=O)(=O)Nc1cc([N+](=O)[O-])c(N)s1. The Hall–Kier alpha value is -1.35. The Morgan fingerprint density at radius 1 is 1.64 bits per heavy atom. The van der Waals surface area contributed by atoms with Gasteiger partial charge in [-0.1, -0.05) is 11.3 Å². The molecule has 0 amide bonds. The van der Waals surface area contributed by atoms with Crippen molar-refractivity contribution in [2.24, 2.45) is 0 Å². The van der Waals surface area contributed by atoms with Gasteiger partial charge in [-0.15, -0.1) is 0 Å². The summed E-state index contributed by atoms with van der Waals surface area (Å²) in [5.74, 6) is 0. The molecule has 7 nitrogen and oxygen atoms in total. The maximum absolute atomic E-state index is 10.8. The lowest BCUT2D eigenvalue weighted by molar-refractivity contribution is -0.383. The van der Waals surface area contributed by atoms with Crippen LogP contribution in [0, 0.1) is 10.1 Å². The fourth-order valence-corrected chi connectivity index (χ4v) is 2.46. The first-order chi connectivity index (χ1) is 6.29. The van der Waals surface area contributed by atoms with E-state index in [-0.39, 0.29) is 15.7 Å². The summed E-state index contributed by atoms with van der Waals surface area (Å²) in [6, 6.07) is 1.08. The van der Waals surface area contributed by atoms with Gasteiger partial charge in [-0.25, -0.2) is 8.42 Å². The molecule has 0 saturated heterocycles. The molecule has 0 spiro atoms. The summed E-state index contributed by atoms with van der Waals surface area (Å²) >= 11 is 0.815. The number of nitrogens with one attached hydrogen (secondary N) is 1. The van der Waals surface area contributed by atoms with Crippen LogP contribution in [0.15, 0.2) is 6.07 Å². The molecule has 78 valence electrons. The van der Waals surface area contributed by atoms with Gasteiger partial charge < -0.3 is 5.73 Å². The zero-order valence-electron chi connectivity index (χ0n) is 7.05. The van der Waals surface area contributed by atoms with Gasteiger partial charge in [0.1, 0.15) is 5.00 Å².